The molecular weight excluding hydrogens is 266 g/mol. The van der Waals surface area contributed by atoms with E-state index >= 15 is 0 Å². The van der Waals surface area contributed by atoms with Crippen molar-refractivity contribution in [3.63, 3.8) is 0 Å². The van der Waals surface area contributed by atoms with Gasteiger partial charge in [0.15, 0.2) is 0 Å². The standard InChI is InChI=1S/C13H18BrNO/c1-9(10-4-6-15-7-5-10)12-8-11(16)2-3-13(12)14/h2-3,8-10,15-16H,4-7H2,1H3. The lowest BCUT2D eigenvalue weighted by Crippen LogP contribution is -2.30. The monoisotopic (exact) mass is 283 g/mol. The molecule has 0 spiro atoms. The average molecular weight is 284 g/mol. The average Bonchev–Trinajstić information content (AvgIpc) is 2.32. The van der Waals surface area contributed by atoms with Gasteiger partial charge in [-0.3, -0.25) is 0 Å². The van der Waals surface area contributed by atoms with Crippen molar-refractivity contribution < 1.29 is 5.11 Å². The van der Waals surface area contributed by atoms with Crippen molar-refractivity contribution in [3.8, 4) is 5.75 Å². The van der Waals surface area contributed by atoms with E-state index in [4.69, 9.17) is 0 Å². The van der Waals surface area contributed by atoms with Crippen molar-refractivity contribution >= 4 is 15.9 Å². The molecule has 2 rings (SSSR count). The summed E-state index contributed by atoms with van der Waals surface area (Å²) in [5.41, 5.74) is 1.23. The molecule has 88 valence electrons. The van der Waals surface area contributed by atoms with Crippen molar-refractivity contribution in [2.24, 2.45) is 5.92 Å². The van der Waals surface area contributed by atoms with Crippen LogP contribution in [0.15, 0.2) is 22.7 Å². The van der Waals surface area contributed by atoms with E-state index < -0.39 is 0 Å². The van der Waals surface area contributed by atoms with E-state index in [2.05, 4.69) is 28.2 Å². The SMILES string of the molecule is CC(c1cc(O)ccc1Br)C1CCNCC1. The number of aromatic hydroxyl groups is 1. The Labute approximate surface area is 105 Å². The van der Waals surface area contributed by atoms with Crippen molar-refractivity contribution in [1.29, 1.82) is 0 Å². The predicted octanol–water partition coefficient (Wildman–Crippen LogP) is 3.26. The van der Waals surface area contributed by atoms with Gasteiger partial charge >= 0.3 is 0 Å². The third-order valence-electron chi connectivity index (χ3n) is 3.56. The Morgan fingerprint density at radius 2 is 2.06 bits per heavy atom. The Bertz CT molecular complexity index is 361. The summed E-state index contributed by atoms with van der Waals surface area (Å²) in [4.78, 5) is 0. The fraction of sp³-hybridized carbons (Fsp3) is 0.538. The van der Waals surface area contributed by atoms with Crippen LogP contribution in [-0.4, -0.2) is 18.2 Å². The van der Waals surface area contributed by atoms with Crippen LogP contribution in [0, 0.1) is 5.92 Å². The lowest BCUT2D eigenvalue weighted by atomic mass is 9.82. The van der Waals surface area contributed by atoms with Gasteiger partial charge in [-0.15, -0.1) is 0 Å². The van der Waals surface area contributed by atoms with Gasteiger partial charge in [-0.05, 0) is 61.5 Å². The van der Waals surface area contributed by atoms with Gasteiger partial charge in [0.1, 0.15) is 5.75 Å². The number of phenols is 1. The van der Waals surface area contributed by atoms with Crippen LogP contribution in [0.5, 0.6) is 5.75 Å². The van der Waals surface area contributed by atoms with E-state index in [9.17, 15) is 5.11 Å². The molecule has 1 aromatic rings. The highest BCUT2D eigenvalue weighted by atomic mass is 79.9. The molecule has 2 nitrogen and oxygen atoms in total. The second-order valence-electron chi connectivity index (χ2n) is 4.58. The molecule has 2 N–H and O–H groups in total. The number of benzene rings is 1. The fourth-order valence-corrected chi connectivity index (χ4v) is 3.09. The molecule has 0 amide bonds. The molecule has 0 bridgehead atoms. The number of rotatable bonds is 2. The minimum atomic E-state index is 0.360. The Balaban J connectivity index is 2.18. The molecule has 16 heavy (non-hydrogen) atoms. The third-order valence-corrected chi connectivity index (χ3v) is 4.28. The first-order valence-electron chi connectivity index (χ1n) is 5.87. The normalized spacial score (nSPS) is 19.6. The molecule has 1 fully saturated rings. The maximum absolute atomic E-state index is 9.55. The first kappa shape index (κ1) is 11.9. The molecular formula is C13H18BrNO. The molecule has 0 saturated carbocycles. The van der Waals surface area contributed by atoms with E-state index in [1.165, 1.54) is 18.4 Å². The summed E-state index contributed by atoms with van der Waals surface area (Å²) in [6, 6.07) is 5.54. The second-order valence-corrected chi connectivity index (χ2v) is 5.44. The van der Waals surface area contributed by atoms with Crippen LogP contribution >= 0.6 is 15.9 Å². The maximum Gasteiger partial charge on any atom is 0.115 e. The van der Waals surface area contributed by atoms with Gasteiger partial charge in [0.05, 0.1) is 0 Å². The van der Waals surface area contributed by atoms with E-state index in [1.807, 2.05) is 12.1 Å². The Hall–Kier alpha value is -0.540. The summed E-state index contributed by atoms with van der Waals surface area (Å²) in [6.45, 7) is 4.49. The first-order valence-corrected chi connectivity index (χ1v) is 6.67. The highest BCUT2D eigenvalue weighted by Gasteiger charge is 2.22. The van der Waals surface area contributed by atoms with E-state index in [-0.39, 0.29) is 0 Å². The van der Waals surface area contributed by atoms with Gasteiger partial charge in [-0.1, -0.05) is 22.9 Å². The van der Waals surface area contributed by atoms with Gasteiger partial charge in [-0.25, -0.2) is 0 Å². The first-order chi connectivity index (χ1) is 7.68. The van der Waals surface area contributed by atoms with Gasteiger partial charge < -0.3 is 10.4 Å². The highest BCUT2D eigenvalue weighted by Crippen LogP contribution is 2.36. The Kier molecular flexibility index (Phi) is 3.87. The Morgan fingerprint density at radius 1 is 1.38 bits per heavy atom. The smallest absolute Gasteiger partial charge is 0.115 e. The molecule has 1 heterocycles. The molecule has 1 saturated heterocycles. The minimum Gasteiger partial charge on any atom is -0.508 e. The molecule has 0 aromatic heterocycles. The number of piperidine rings is 1. The summed E-state index contributed by atoms with van der Waals surface area (Å²) in [7, 11) is 0. The molecule has 3 heteroatoms. The van der Waals surface area contributed by atoms with E-state index in [0.717, 1.165) is 23.5 Å². The second kappa shape index (κ2) is 5.19. The van der Waals surface area contributed by atoms with Crippen LogP contribution in [0.25, 0.3) is 0 Å². The molecule has 1 atom stereocenters. The highest BCUT2D eigenvalue weighted by molar-refractivity contribution is 9.10. The van der Waals surface area contributed by atoms with Gasteiger partial charge in [0.2, 0.25) is 0 Å². The fourth-order valence-electron chi connectivity index (χ4n) is 2.48. The van der Waals surface area contributed by atoms with Crippen LogP contribution in [0.3, 0.4) is 0 Å². The summed E-state index contributed by atoms with van der Waals surface area (Å²) in [5.74, 6) is 1.59. The van der Waals surface area contributed by atoms with Gasteiger partial charge in [-0.2, -0.15) is 0 Å². The van der Waals surface area contributed by atoms with Crippen LogP contribution < -0.4 is 5.32 Å². The quantitative estimate of drug-likeness (QED) is 0.873. The van der Waals surface area contributed by atoms with Crippen molar-refractivity contribution in [1.82, 2.24) is 5.32 Å². The Morgan fingerprint density at radius 3 is 2.75 bits per heavy atom. The molecule has 0 aliphatic carbocycles. The van der Waals surface area contributed by atoms with Crippen molar-refractivity contribution in [2.45, 2.75) is 25.7 Å². The number of phenolic OH excluding ortho intramolecular Hbond substituents is 1. The predicted molar refractivity (Wildman–Crippen MR) is 69.8 cm³/mol. The number of hydrogen-bond donors (Lipinski definition) is 2. The summed E-state index contributed by atoms with van der Waals surface area (Å²) >= 11 is 3.57. The van der Waals surface area contributed by atoms with Crippen LogP contribution in [0.2, 0.25) is 0 Å². The van der Waals surface area contributed by atoms with Crippen LogP contribution in [-0.2, 0) is 0 Å². The number of nitrogens with one attached hydrogen (secondary N) is 1. The minimum absolute atomic E-state index is 0.360. The zero-order chi connectivity index (χ0) is 11.5. The topological polar surface area (TPSA) is 32.3 Å². The van der Waals surface area contributed by atoms with Crippen molar-refractivity contribution in [3.05, 3.63) is 28.2 Å². The lowest BCUT2D eigenvalue weighted by Gasteiger charge is -2.29. The van der Waals surface area contributed by atoms with E-state index in [0.29, 0.717) is 11.7 Å². The van der Waals surface area contributed by atoms with Gasteiger partial charge in [0.25, 0.3) is 0 Å². The van der Waals surface area contributed by atoms with Crippen LogP contribution in [0.1, 0.15) is 31.2 Å². The molecule has 1 aliphatic heterocycles. The van der Waals surface area contributed by atoms with Crippen LogP contribution in [0.4, 0.5) is 0 Å². The van der Waals surface area contributed by atoms with Gasteiger partial charge in [0, 0.05) is 4.47 Å². The maximum atomic E-state index is 9.55. The third kappa shape index (κ3) is 2.58. The number of hydrogen-bond acceptors (Lipinski definition) is 2. The zero-order valence-electron chi connectivity index (χ0n) is 9.54. The molecule has 0 radical (unpaired) electrons. The molecule has 1 aliphatic rings. The van der Waals surface area contributed by atoms with Crippen molar-refractivity contribution in [2.75, 3.05) is 13.1 Å². The summed E-state index contributed by atoms with van der Waals surface area (Å²) in [5, 5.41) is 12.9. The molecule has 1 aromatic carbocycles. The zero-order valence-corrected chi connectivity index (χ0v) is 11.1. The number of halogens is 1. The van der Waals surface area contributed by atoms with E-state index in [1.54, 1.807) is 6.07 Å². The summed E-state index contributed by atoms with van der Waals surface area (Å²) in [6.07, 6.45) is 2.45. The summed E-state index contributed by atoms with van der Waals surface area (Å²) < 4.78 is 1.11. The largest absolute Gasteiger partial charge is 0.508 e. The lowest BCUT2D eigenvalue weighted by molar-refractivity contribution is 0.329. The molecule has 1 unspecified atom stereocenters.